The van der Waals surface area contributed by atoms with Crippen molar-refractivity contribution in [1.29, 1.82) is 0 Å². The van der Waals surface area contributed by atoms with Gasteiger partial charge in [-0.15, -0.1) is 0 Å². The van der Waals surface area contributed by atoms with Gasteiger partial charge in [0, 0.05) is 22.9 Å². The lowest BCUT2D eigenvalue weighted by molar-refractivity contribution is -0.152. The van der Waals surface area contributed by atoms with Crippen LogP contribution in [-0.2, 0) is 54.5 Å². The summed E-state index contributed by atoms with van der Waals surface area (Å²) < 4.78 is 35.4. The first-order valence-corrected chi connectivity index (χ1v) is 29.0. The molecule has 76 heavy (non-hydrogen) atoms. The highest BCUT2D eigenvalue weighted by molar-refractivity contribution is 6.32. The van der Waals surface area contributed by atoms with E-state index in [1.54, 1.807) is 0 Å². The summed E-state index contributed by atoms with van der Waals surface area (Å²) in [6.07, 6.45) is 12.6. The molecule has 11 rings (SSSR count). The molecule has 3 fully saturated rings. The lowest BCUT2D eigenvalue weighted by Gasteiger charge is -2.40. The van der Waals surface area contributed by atoms with Crippen molar-refractivity contribution in [2.24, 2.45) is 16.2 Å². The third kappa shape index (κ3) is 11.1. The Labute approximate surface area is 452 Å². The zero-order chi connectivity index (χ0) is 52.0. The van der Waals surface area contributed by atoms with Crippen molar-refractivity contribution in [3.8, 4) is 44.5 Å². The molecule has 0 bridgehead atoms. The van der Waals surface area contributed by atoms with Crippen LogP contribution in [0.3, 0.4) is 0 Å². The van der Waals surface area contributed by atoms with Crippen LogP contribution in [0.5, 0.6) is 0 Å². The van der Waals surface area contributed by atoms with E-state index in [0.29, 0.717) is 13.2 Å². The normalized spacial score (nSPS) is 16.5. The standard InChI is InChI=1S/C70H80O6/c1-5-9-11-14-50-16-24-54(25-17-50)62-37-63(55-26-18-51(19-27-55)15-12-10-13-36-71-41-68(6-2)44-74-45-68)59-33-35-61-65(57-30-22-53(23-31-57)40-73-43-70(8-4)48-76-49-70)38-64(60-34-32-58(62)66(59)67(60)61)56-28-20-52(21-29-56)39-72-42-69(7-3)46-75-47-69/h16-35,37-38H,5-15,36,39-49H2,1-4H3. The van der Waals surface area contributed by atoms with Gasteiger partial charge in [0.15, 0.2) is 0 Å². The molecule has 8 aromatic carbocycles. The maximum atomic E-state index is 6.33. The van der Waals surface area contributed by atoms with Crippen LogP contribution in [0.2, 0.25) is 0 Å². The largest absolute Gasteiger partial charge is 0.381 e. The molecule has 6 nitrogen and oxygen atoms in total. The number of aryl methyl sites for hydroxylation is 2. The van der Waals surface area contributed by atoms with Gasteiger partial charge in [-0.05, 0) is 163 Å². The Kier molecular flexibility index (Phi) is 16.4. The number of rotatable bonds is 27. The molecular formula is C70H80O6. The molecule has 3 heterocycles. The third-order valence-corrected chi connectivity index (χ3v) is 17.7. The Balaban J connectivity index is 0.960. The highest BCUT2D eigenvalue weighted by Crippen LogP contribution is 2.49. The van der Waals surface area contributed by atoms with Gasteiger partial charge in [-0.2, -0.15) is 0 Å². The van der Waals surface area contributed by atoms with Gasteiger partial charge < -0.3 is 28.4 Å². The molecule has 0 atom stereocenters. The van der Waals surface area contributed by atoms with Crippen molar-refractivity contribution in [2.45, 2.75) is 112 Å². The van der Waals surface area contributed by atoms with Crippen molar-refractivity contribution in [2.75, 3.05) is 66.1 Å². The Hall–Kier alpha value is -5.44. The fraction of sp³-hybridized carbons (Fsp3) is 0.429. The second-order valence-corrected chi connectivity index (χ2v) is 23.1. The average molecular weight is 1020 g/mol. The molecule has 0 radical (unpaired) electrons. The third-order valence-electron chi connectivity index (χ3n) is 17.7. The maximum absolute atomic E-state index is 6.33. The predicted molar refractivity (Wildman–Crippen MR) is 313 cm³/mol. The van der Waals surface area contributed by atoms with E-state index in [0.717, 1.165) is 111 Å². The highest BCUT2D eigenvalue weighted by Gasteiger charge is 2.38. The van der Waals surface area contributed by atoms with Crippen molar-refractivity contribution < 1.29 is 28.4 Å². The van der Waals surface area contributed by atoms with Crippen LogP contribution >= 0.6 is 0 Å². The maximum Gasteiger partial charge on any atom is 0.0717 e. The molecule has 0 aromatic heterocycles. The summed E-state index contributed by atoms with van der Waals surface area (Å²) in [4.78, 5) is 0. The van der Waals surface area contributed by atoms with E-state index in [1.807, 2.05) is 0 Å². The zero-order valence-electron chi connectivity index (χ0n) is 45.9. The van der Waals surface area contributed by atoms with Crippen LogP contribution in [0, 0.1) is 16.2 Å². The second-order valence-electron chi connectivity index (χ2n) is 23.1. The minimum Gasteiger partial charge on any atom is -0.381 e. The van der Waals surface area contributed by atoms with E-state index in [2.05, 4.69) is 161 Å². The van der Waals surface area contributed by atoms with Gasteiger partial charge in [0.25, 0.3) is 0 Å². The van der Waals surface area contributed by atoms with Crippen LogP contribution < -0.4 is 0 Å². The van der Waals surface area contributed by atoms with Gasteiger partial charge in [-0.25, -0.2) is 0 Å². The van der Waals surface area contributed by atoms with Gasteiger partial charge in [0.1, 0.15) is 0 Å². The summed E-state index contributed by atoms with van der Waals surface area (Å²) in [5.74, 6) is 0. The zero-order valence-corrected chi connectivity index (χ0v) is 45.9. The molecular weight excluding hydrogens is 937 g/mol. The number of unbranched alkanes of at least 4 members (excludes halogenated alkanes) is 4. The molecule has 0 N–H and O–H groups in total. The predicted octanol–water partition coefficient (Wildman–Crippen LogP) is 17.0. The Morgan fingerprint density at radius 3 is 1.00 bits per heavy atom. The fourth-order valence-corrected chi connectivity index (χ4v) is 11.9. The first kappa shape index (κ1) is 52.6. The smallest absolute Gasteiger partial charge is 0.0717 e. The van der Waals surface area contributed by atoms with Crippen LogP contribution in [-0.4, -0.2) is 66.1 Å². The molecule has 396 valence electrons. The molecule has 8 aromatic rings. The summed E-state index contributed by atoms with van der Waals surface area (Å²) in [7, 11) is 0. The van der Waals surface area contributed by atoms with E-state index >= 15 is 0 Å². The molecule has 0 spiro atoms. The highest BCUT2D eigenvalue weighted by atomic mass is 16.5. The molecule has 0 unspecified atom stereocenters. The SMILES string of the molecule is CCCCCc1ccc(-c2cc(-c3ccc(CCCCCOCC4(CC)COC4)cc3)c3ccc4c(-c5ccc(COCC6(CC)COC6)cc5)cc(-c5ccc(COCC6(CC)COC6)cc5)c5ccc2c3c54)cc1. The average Bonchev–Trinajstić information content (AvgIpc) is 3.55. The van der Waals surface area contributed by atoms with Gasteiger partial charge >= 0.3 is 0 Å². The van der Waals surface area contributed by atoms with Crippen molar-refractivity contribution in [3.05, 3.63) is 156 Å². The first-order valence-electron chi connectivity index (χ1n) is 29.0. The summed E-state index contributed by atoms with van der Waals surface area (Å²) in [5, 5.41) is 7.74. The molecule has 3 saturated heterocycles. The van der Waals surface area contributed by atoms with Crippen molar-refractivity contribution >= 4 is 32.3 Å². The van der Waals surface area contributed by atoms with Crippen LogP contribution in [0.4, 0.5) is 0 Å². The first-order chi connectivity index (χ1) is 37.3. The van der Waals surface area contributed by atoms with Crippen molar-refractivity contribution in [1.82, 2.24) is 0 Å². The molecule has 0 aliphatic carbocycles. The van der Waals surface area contributed by atoms with Gasteiger partial charge in [-0.1, -0.05) is 168 Å². The minimum absolute atomic E-state index is 0.160. The summed E-state index contributed by atoms with van der Waals surface area (Å²) in [6.45, 7) is 18.2. The Morgan fingerprint density at radius 2 is 0.684 bits per heavy atom. The number of hydrogen-bond acceptors (Lipinski definition) is 6. The van der Waals surface area contributed by atoms with E-state index in [-0.39, 0.29) is 16.2 Å². The lowest BCUT2D eigenvalue weighted by atomic mass is 9.81. The Morgan fingerprint density at radius 1 is 0.355 bits per heavy atom. The molecule has 6 heteroatoms. The molecule has 0 amide bonds. The second kappa shape index (κ2) is 23.7. The van der Waals surface area contributed by atoms with Gasteiger partial charge in [0.2, 0.25) is 0 Å². The lowest BCUT2D eigenvalue weighted by Crippen LogP contribution is -2.45. The number of hydrogen-bond donors (Lipinski definition) is 0. The minimum atomic E-state index is 0.160. The van der Waals surface area contributed by atoms with E-state index < -0.39 is 0 Å². The van der Waals surface area contributed by atoms with E-state index in [4.69, 9.17) is 28.4 Å². The van der Waals surface area contributed by atoms with Crippen LogP contribution in [0.15, 0.2) is 133 Å². The van der Waals surface area contributed by atoms with Crippen LogP contribution in [0.1, 0.15) is 108 Å². The quantitative estimate of drug-likeness (QED) is 0.0378. The van der Waals surface area contributed by atoms with Crippen molar-refractivity contribution in [3.63, 3.8) is 0 Å². The molecule has 3 aliphatic rings. The molecule has 3 aliphatic heterocycles. The number of ether oxygens (including phenoxy) is 6. The van der Waals surface area contributed by atoms with Gasteiger partial charge in [0.05, 0.1) is 72.7 Å². The monoisotopic (exact) mass is 1020 g/mol. The Bertz CT molecular complexity index is 3050. The topological polar surface area (TPSA) is 55.4 Å². The summed E-state index contributed by atoms with van der Waals surface area (Å²) >= 11 is 0. The van der Waals surface area contributed by atoms with E-state index in [9.17, 15) is 0 Å². The van der Waals surface area contributed by atoms with Gasteiger partial charge in [-0.3, -0.25) is 0 Å². The molecule has 0 saturated carbocycles. The summed E-state index contributed by atoms with van der Waals surface area (Å²) in [6, 6.07) is 51.7. The number of benzene rings is 8. The summed E-state index contributed by atoms with van der Waals surface area (Å²) in [5.41, 5.74) is 15.6. The van der Waals surface area contributed by atoms with Crippen LogP contribution in [0.25, 0.3) is 76.8 Å². The van der Waals surface area contributed by atoms with E-state index in [1.165, 1.54) is 125 Å². The fourth-order valence-electron chi connectivity index (χ4n) is 11.9.